The van der Waals surface area contributed by atoms with Gasteiger partial charge in [-0.2, -0.15) is 0 Å². The van der Waals surface area contributed by atoms with Crippen LogP contribution in [0.2, 0.25) is 5.02 Å². The molecule has 1 heterocycles. The Balaban J connectivity index is 2.08. The van der Waals surface area contributed by atoms with Gasteiger partial charge in [-0.1, -0.05) is 36.7 Å². The number of aromatic amines is 1. The summed E-state index contributed by atoms with van der Waals surface area (Å²) in [5, 5.41) is 0.723. The van der Waals surface area contributed by atoms with Crippen LogP contribution in [-0.4, -0.2) is 9.97 Å². The molecule has 0 spiro atoms. The van der Waals surface area contributed by atoms with E-state index in [1.165, 1.54) is 31.4 Å². The molecule has 20 heavy (non-hydrogen) atoms. The standard InChI is InChI=1S/C15H14BrClN2S/c16-12-13(9-3-1-2-4-9)18-14(19-15(12)20)10-5-7-11(17)8-6-10/h5-9H,1-4H2,(H,18,19,20). The average Bonchev–Trinajstić information content (AvgIpc) is 2.96. The minimum Gasteiger partial charge on any atom is -0.342 e. The summed E-state index contributed by atoms with van der Waals surface area (Å²) < 4.78 is 1.56. The Hall–Kier alpha value is -0.710. The molecular weight excluding hydrogens is 356 g/mol. The maximum atomic E-state index is 5.93. The Morgan fingerprint density at radius 1 is 1.20 bits per heavy atom. The molecule has 0 atom stereocenters. The second kappa shape index (κ2) is 5.96. The van der Waals surface area contributed by atoms with Crippen LogP contribution >= 0.6 is 39.7 Å². The zero-order chi connectivity index (χ0) is 14.1. The lowest BCUT2D eigenvalue weighted by atomic mass is 10.0. The van der Waals surface area contributed by atoms with Gasteiger partial charge in [0.15, 0.2) is 0 Å². The van der Waals surface area contributed by atoms with Gasteiger partial charge in [-0.3, -0.25) is 0 Å². The number of nitrogens with zero attached hydrogens (tertiary/aromatic N) is 1. The van der Waals surface area contributed by atoms with E-state index in [9.17, 15) is 0 Å². The zero-order valence-corrected chi connectivity index (χ0v) is 14.0. The summed E-state index contributed by atoms with van der Waals surface area (Å²) in [5.74, 6) is 1.37. The summed E-state index contributed by atoms with van der Waals surface area (Å²) in [6.07, 6.45) is 5.01. The van der Waals surface area contributed by atoms with Crippen molar-refractivity contribution in [2.75, 3.05) is 0 Å². The number of benzene rings is 1. The summed E-state index contributed by atoms with van der Waals surface area (Å²) in [6, 6.07) is 7.66. The van der Waals surface area contributed by atoms with Gasteiger partial charge in [0.1, 0.15) is 10.5 Å². The highest BCUT2D eigenvalue weighted by atomic mass is 79.9. The highest BCUT2D eigenvalue weighted by molar-refractivity contribution is 9.10. The highest BCUT2D eigenvalue weighted by Crippen LogP contribution is 2.37. The maximum absolute atomic E-state index is 5.93. The van der Waals surface area contributed by atoms with E-state index in [4.69, 9.17) is 23.8 Å². The van der Waals surface area contributed by atoms with Crippen LogP contribution in [0.4, 0.5) is 0 Å². The van der Waals surface area contributed by atoms with Crippen molar-refractivity contribution >= 4 is 39.7 Å². The second-order valence-corrected chi connectivity index (χ2v) is 6.72. The Morgan fingerprint density at radius 2 is 1.85 bits per heavy atom. The lowest BCUT2D eigenvalue weighted by Gasteiger charge is -2.14. The molecule has 2 aromatic rings. The van der Waals surface area contributed by atoms with Crippen molar-refractivity contribution < 1.29 is 0 Å². The second-order valence-electron chi connectivity index (χ2n) is 5.11. The molecule has 1 aliphatic rings. The molecule has 5 heteroatoms. The van der Waals surface area contributed by atoms with Gasteiger partial charge in [0.2, 0.25) is 0 Å². The van der Waals surface area contributed by atoms with Crippen LogP contribution in [0.25, 0.3) is 11.4 Å². The van der Waals surface area contributed by atoms with Crippen LogP contribution in [0, 0.1) is 4.64 Å². The maximum Gasteiger partial charge on any atom is 0.144 e. The molecule has 1 N–H and O–H groups in total. The lowest BCUT2D eigenvalue weighted by molar-refractivity contribution is 0.690. The summed E-state index contributed by atoms with van der Waals surface area (Å²) >= 11 is 14.9. The molecule has 1 aliphatic carbocycles. The predicted molar refractivity (Wildman–Crippen MR) is 88.8 cm³/mol. The van der Waals surface area contributed by atoms with E-state index in [1.807, 2.05) is 24.3 Å². The van der Waals surface area contributed by atoms with Crippen molar-refractivity contribution in [3.8, 4) is 11.4 Å². The van der Waals surface area contributed by atoms with Gasteiger partial charge in [0.05, 0.1) is 4.47 Å². The number of H-pyrrole nitrogens is 1. The van der Waals surface area contributed by atoms with Crippen LogP contribution in [-0.2, 0) is 0 Å². The van der Waals surface area contributed by atoms with E-state index < -0.39 is 0 Å². The van der Waals surface area contributed by atoms with Gasteiger partial charge < -0.3 is 4.98 Å². The van der Waals surface area contributed by atoms with Crippen molar-refractivity contribution in [2.24, 2.45) is 0 Å². The smallest absolute Gasteiger partial charge is 0.144 e. The number of halogens is 2. The van der Waals surface area contributed by atoms with Crippen molar-refractivity contribution in [1.82, 2.24) is 9.97 Å². The topological polar surface area (TPSA) is 28.7 Å². The molecule has 0 radical (unpaired) electrons. The monoisotopic (exact) mass is 368 g/mol. The number of hydrogen-bond donors (Lipinski definition) is 1. The van der Waals surface area contributed by atoms with E-state index in [-0.39, 0.29) is 0 Å². The zero-order valence-electron chi connectivity index (χ0n) is 10.8. The van der Waals surface area contributed by atoms with E-state index in [1.54, 1.807) is 0 Å². The van der Waals surface area contributed by atoms with Gasteiger partial charge >= 0.3 is 0 Å². The molecule has 2 nitrogen and oxygen atoms in total. The number of hydrogen-bond acceptors (Lipinski definition) is 2. The molecule has 1 aromatic heterocycles. The lowest BCUT2D eigenvalue weighted by Crippen LogP contribution is -2.02. The van der Waals surface area contributed by atoms with E-state index in [0.29, 0.717) is 10.6 Å². The summed E-state index contributed by atoms with van der Waals surface area (Å²) in [6.45, 7) is 0. The Bertz CT molecular complexity index is 675. The van der Waals surface area contributed by atoms with Gasteiger partial charge in [-0.05, 0) is 53.0 Å². The largest absolute Gasteiger partial charge is 0.342 e. The molecule has 0 amide bonds. The summed E-state index contributed by atoms with van der Waals surface area (Å²) in [5.41, 5.74) is 2.19. The highest BCUT2D eigenvalue weighted by Gasteiger charge is 2.21. The fraction of sp³-hybridized carbons (Fsp3) is 0.333. The van der Waals surface area contributed by atoms with Gasteiger partial charge in [-0.25, -0.2) is 4.98 Å². The molecule has 0 aliphatic heterocycles. The number of nitrogens with one attached hydrogen (secondary N) is 1. The minimum atomic E-state index is 0.556. The molecule has 0 unspecified atom stereocenters. The third-order valence-electron chi connectivity index (χ3n) is 3.77. The summed E-state index contributed by atoms with van der Waals surface area (Å²) in [4.78, 5) is 7.94. The van der Waals surface area contributed by atoms with E-state index in [0.717, 1.165) is 20.9 Å². The fourth-order valence-corrected chi connectivity index (χ4v) is 3.56. The first-order valence-corrected chi connectivity index (χ1v) is 8.29. The summed E-state index contributed by atoms with van der Waals surface area (Å²) in [7, 11) is 0. The normalized spacial score (nSPS) is 15.7. The van der Waals surface area contributed by atoms with Crippen LogP contribution in [0.1, 0.15) is 37.3 Å². The third kappa shape index (κ3) is 2.83. The van der Waals surface area contributed by atoms with E-state index >= 15 is 0 Å². The van der Waals surface area contributed by atoms with Crippen LogP contribution in [0.3, 0.4) is 0 Å². The van der Waals surface area contributed by atoms with Crippen LogP contribution in [0.5, 0.6) is 0 Å². The Morgan fingerprint density at radius 3 is 2.50 bits per heavy atom. The van der Waals surface area contributed by atoms with Gasteiger partial charge in [0, 0.05) is 22.2 Å². The van der Waals surface area contributed by atoms with Crippen molar-refractivity contribution in [3.05, 3.63) is 44.1 Å². The molecule has 0 saturated heterocycles. The quantitative estimate of drug-likeness (QED) is 0.670. The average molecular weight is 370 g/mol. The first-order valence-electron chi connectivity index (χ1n) is 6.71. The number of rotatable bonds is 2. The van der Waals surface area contributed by atoms with Gasteiger partial charge in [0.25, 0.3) is 0 Å². The molecule has 0 bridgehead atoms. The Labute approximate surface area is 136 Å². The fourth-order valence-electron chi connectivity index (χ4n) is 2.72. The predicted octanol–water partition coefficient (Wildman–Crippen LogP) is 5.88. The molecule has 1 aromatic carbocycles. The molecular formula is C15H14BrClN2S. The molecule has 3 rings (SSSR count). The first kappa shape index (κ1) is 14.2. The third-order valence-corrected chi connectivity index (χ3v) is 5.38. The van der Waals surface area contributed by atoms with Crippen LogP contribution < -0.4 is 0 Å². The van der Waals surface area contributed by atoms with Crippen LogP contribution in [0.15, 0.2) is 28.7 Å². The van der Waals surface area contributed by atoms with Crippen molar-refractivity contribution in [2.45, 2.75) is 31.6 Å². The van der Waals surface area contributed by atoms with Crippen molar-refractivity contribution in [1.29, 1.82) is 0 Å². The first-order chi connectivity index (χ1) is 9.65. The van der Waals surface area contributed by atoms with E-state index in [2.05, 4.69) is 25.9 Å². The van der Waals surface area contributed by atoms with Crippen molar-refractivity contribution in [3.63, 3.8) is 0 Å². The number of aromatic nitrogens is 2. The minimum absolute atomic E-state index is 0.556. The molecule has 104 valence electrons. The Kier molecular flexibility index (Phi) is 4.24. The molecule has 1 saturated carbocycles. The molecule has 1 fully saturated rings. The SMILES string of the molecule is S=c1nc(-c2ccc(Cl)cc2)[nH]c(C2CCCC2)c1Br. The van der Waals surface area contributed by atoms with Gasteiger partial charge in [-0.15, -0.1) is 0 Å².